The molecular formula is C14H19BrN2OS. The van der Waals surface area contributed by atoms with Crippen molar-refractivity contribution in [2.75, 3.05) is 13.1 Å². The van der Waals surface area contributed by atoms with E-state index in [1.165, 1.54) is 0 Å². The second kappa shape index (κ2) is 8.27. The normalized spacial score (nSPS) is 10.1. The molecule has 0 fully saturated rings. The lowest BCUT2D eigenvalue weighted by atomic mass is 10.2. The maximum absolute atomic E-state index is 12.1. The van der Waals surface area contributed by atoms with Crippen molar-refractivity contribution in [1.82, 2.24) is 10.2 Å². The van der Waals surface area contributed by atoms with E-state index in [4.69, 9.17) is 12.2 Å². The first-order valence-electron chi connectivity index (χ1n) is 6.44. The second-order valence-electron chi connectivity index (χ2n) is 4.26. The van der Waals surface area contributed by atoms with Crippen LogP contribution >= 0.6 is 28.1 Å². The Labute approximate surface area is 128 Å². The van der Waals surface area contributed by atoms with E-state index in [0.717, 1.165) is 30.4 Å². The molecule has 0 aliphatic heterocycles. The molecule has 0 radical (unpaired) electrons. The SMILES string of the molecule is CCCN(CCC)C(=S)NC(=O)c1cccc(Br)c1. The Morgan fingerprint density at radius 3 is 2.47 bits per heavy atom. The second-order valence-corrected chi connectivity index (χ2v) is 5.56. The number of rotatable bonds is 5. The van der Waals surface area contributed by atoms with Gasteiger partial charge in [0.1, 0.15) is 0 Å². The van der Waals surface area contributed by atoms with Gasteiger partial charge >= 0.3 is 0 Å². The van der Waals surface area contributed by atoms with Crippen molar-refractivity contribution in [3.05, 3.63) is 34.3 Å². The molecule has 104 valence electrons. The molecule has 0 saturated heterocycles. The summed E-state index contributed by atoms with van der Waals surface area (Å²) in [5.74, 6) is -0.163. The van der Waals surface area contributed by atoms with Crippen LogP contribution in [0.25, 0.3) is 0 Å². The molecule has 0 aliphatic rings. The van der Waals surface area contributed by atoms with E-state index in [1.54, 1.807) is 12.1 Å². The number of nitrogens with one attached hydrogen (secondary N) is 1. The maximum Gasteiger partial charge on any atom is 0.257 e. The third-order valence-corrected chi connectivity index (χ3v) is 3.44. The molecule has 0 unspecified atom stereocenters. The number of thiocarbonyl (C=S) groups is 1. The number of benzene rings is 1. The van der Waals surface area contributed by atoms with Crippen molar-refractivity contribution in [3.63, 3.8) is 0 Å². The molecule has 0 heterocycles. The molecule has 0 atom stereocenters. The monoisotopic (exact) mass is 342 g/mol. The Balaban J connectivity index is 2.67. The van der Waals surface area contributed by atoms with Gasteiger partial charge in [0.15, 0.2) is 5.11 Å². The van der Waals surface area contributed by atoms with Gasteiger partial charge in [0.25, 0.3) is 5.91 Å². The lowest BCUT2D eigenvalue weighted by Gasteiger charge is -2.24. The fourth-order valence-corrected chi connectivity index (χ4v) is 2.41. The molecule has 1 rings (SSSR count). The van der Waals surface area contributed by atoms with Crippen molar-refractivity contribution in [2.45, 2.75) is 26.7 Å². The van der Waals surface area contributed by atoms with Gasteiger partial charge in [-0.25, -0.2) is 0 Å². The highest BCUT2D eigenvalue weighted by molar-refractivity contribution is 9.10. The highest BCUT2D eigenvalue weighted by atomic mass is 79.9. The standard InChI is InChI=1S/C14H19BrN2OS/c1-3-8-17(9-4-2)14(19)16-13(18)11-6-5-7-12(15)10-11/h5-7,10H,3-4,8-9H2,1-2H3,(H,16,18,19). The third-order valence-electron chi connectivity index (χ3n) is 2.58. The van der Waals surface area contributed by atoms with Gasteiger partial charge in [-0.1, -0.05) is 35.8 Å². The van der Waals surface area contributed by atoms with Crippen LogP contribution in [0.5, 0.6) is 0 Å². The van der Waals surface area contributed by atoms with E-state index in [0.29, 0.717) is 10.7 Å². The Bertz CT molecular complexity index is 445. The van der Waals surface area contributed by atoms with Gasteiger partial charge in [-0.2, -0.15) is 0 Å². The number of halogens is 1. The maximum atomic E-state index is 12.1. The molecule has 0 spiro atoms. The number of amides is 1. The first kappa shape index (κ1) is 16.1. The van der Waals surface area contributed by atoms with E-state index in [1.807, 2.05) is 17.0 Å². The fraction of sp³-hybridized carbons (Fsp3) is 0.429. The highest BCUT2D eigenvalue weighted by Gasteiger charge is 2.12. The average molecular weight is 343 g/mol. The summed E-state index contributed by atoms with van der Waals surface area (Å²) >= 11 is 8.65. The molecule has 0 bridgehead atoms. The lowest BCUT2D eigenvalue weighted by Crippen LogP contribution is -2.43. The number of carbonyl (C=O) groups excluding carboxylic acids is 1. The highest BCUT2D eigenvalue weighted by Crippen LogP contribution is 2.11. The van der Waals surface area contributed by atoms with Crippen molar-refractivity contribution >= 4 is 39.2 Å². The zero-order chi connectivity index (χ0) is 14.3. The number of carbonyl (C=O) groups is 1. The van der Waals surface area contributed by atoms with Crippen LogP contribution in [0.15, 0.2) is 28.7 Å². The molecule has 1 aromatic rings. The molecule has 1 N–H and O–H groups in total. The van der Waals surface area contributed by atoms with E-state index in [9.17, 15) is 4.79 Å². The smallest absolute Gasteiger partial charge is 0.257 e. The molecule has 0 saturated carbocycles. The largest absolute Gasteiger partial charge is 0.349 e. The van der Waals surface area contributed by atoms with Crippen LogP contribution in [0.2, 0.25) is 0 Å². The molecular weight excluding hydrogens is 324 g/mol. The van der Waals surface area contributed by atoms with E-state index < -0.39 is 0 Å². The molecule has 1 aromatic carbocycles. The van der Waals surface area contributed by atoms with Gasteiger partial charge in [0, 0.05) is 23.1 Å². The van der Waals surface area contributed by atoms with Crippen LogP contribution < -0.4 is 5.32 Å². The summed E-state index contributed by atoms with van der Waals surface area (Å²) in [5, 5.41) is 3.30. The first-order valence-corrected chi connectivity index (χ1v) is 7.64. The molecule has 3 nitrogen and oxygen atoms in total. The van der Waals surface area contributed by atoms with Gasteiger partial charge in [-0.05, 0) is 43.3 Å². The number of hydrogen-bond acceptors (Lipinski definition) is 2. The molecule has 0 aromatic heterocycles. The van der Waals surface area contributed by atoms with Crippen LogP contribution in [0.1, 0.15) is 37.0 Å². The summed E-state index contributed by atoms with van der Waals surface area (Å²) in [7, 11) is 0. The van der Waals surface area contributed by atoms with Crippen molar-refractivity contribution < 1.29 is 4.79 Å². The Hall–Kier alpha value is -0.940. The van der Waals surface area contributed by atoms with Crippen molar-refractivity contribution in [3.8, 4) is 0 Å². The predicted octanol–water partition coefficient (Wildman–Crippen LogP) is 3.59. The van der Waals surface area contributed by atoms with Crippen LogP contribution in [-0.2, 0) is 0 Å². The van der Waals surface area contributed by atoms with Crippen LogP contribution in [0.3, 0.4) is 0 Å². The first-order chi connectivity index (χ1) is 9.08. The molecule has 5 heteroatoms. The minimum absolute atomic E-state index is 0.163. The van der Waals surface area contributed by atoms with Gasteiger partial charge in [0.2, 0.25) is 0 Å². The van der Waals surface area contributed by atoms with Gasteiger partial charge < -0.3 is 4.90 Å². The lowest BCUT2D eigenvalue weighted by molar-refractivity contribution is 0.0973. The van der Waals surface area contributed by atoms with E-state index in [2.05, 4.69) is 35.1 Å². The summed E-state index contributed by atoms with van der Waals surface area (Å²) in [4.78, 5) is 14.1. The summed E-state index contributed by atoms with van der Waals surface area (Å²) in [6.45, 7) is 5.93. The Morgan fingerprint density at radius 2 is 1.95 bits per heavy atom. The van der Waals surface area contributed by atoms with E-state index >= 15 is 0 Å². The number of hydrogen-bond donors (Lipinski definition) is 1. The zero-order valence-electron chi connectivity index (χ0n) is 11.3. The third kappa shape index (κ3) is 5.28. The molecule has 0 aliphatic carbocycles. The van der Waals surface area contributed by atoms with E-state index in [-0.39, 0.29) is 5.91 Å². The van der Waals surface area contributed by atoms with Gasteiger partial charge in [-0.3, -0.25) is 10.1 Å². The topological polar surface area (TPSA) is 32.3 Å². The fourth-order valence-electron chi connectivity index (χ4n) is 1.73. The Morgan fingerprint density at radius 1 is 1.32 bits per heavy atom. The quantitative estimate of drug-likeness (QED) is 0.830. The predicted molar refractivity (Wildman–Crippen MR) is 86.4 cm³/mol. The number of nitrogens with zero attached hydrogens (tertiary/aromatic N) is 1. The van der Waals surface area contributed by atoms with Crippen molar-refractivity contribution in [1.29, 1.82) is 0 Å². The minimum atomic E-state index is -0.163. The van der Waals surface area contributed by atoms with Crippen LogP contribution in [0, 0.1) is 0 Å². The summed E-state index contributed by atoms with van der Waals surface area (Å²) in [6.07, 6.45) is 2.01. The minimum Gasteiger partial charge on any atom is -0.349 e. The van der Waals surface area contributed by atoms with Gasteiger partial charge in [0.05, 0.1) is 0 Å². The average Bonchev–Trinajstić information content (AvgIpc) is 2.38. The molecule has 19 heavy (non-hydrogen) atoms. The summed E-state index contributed by atoms with van der Waals surface area (Å²) in [5.41, 5.74) is 0.602. The van der Waals surface area contributed by atoms with Crippen molar-refractivity contribution in [2.24, 2.45) is 0 Å². The van der Waals surface area contributed by atoms with Crippen LogP contribution in [-0.4, -0.2) is 29.0 Å². The Kier molecular flexibility index (Phi) is 7.02. The summed E-state index contributed by atoms with van der Waals surface area (Å²) < 4.78 is 0.880. The van der Waals surface area contributed by atoms with Crippen LogP contribution in [0.4, 0.5) is 0 Å². The zero-order valence-corrected chi connectivity index (χ0v) is 13.7. The summed E-state index contributed by atoms with van der Waals surface area (Å²) in [6, 6.07) is 7.27. The van der Waals surface area contributed by atoms with Gasteiger partial charge in [-0.15, -0.1) is 0 Å². The molecule has 1 amide bonds.